The number of hydrogen-bond acceptors (Lipinski definition) is 4. The quantitative estimate of drug-likeness (QED) is 0.681. The largest absolute Gasteiger partial charge is 0.379 e. The Labute approximate surface area is 124 Å². The summed E-state index contributed by atoms with van der Waals surface area (Å²) in [6, 6.07) is 8.89. The van der Waals surface area contributed by atoms with Crippen LogP contribution in [0.2, 0.25) is 0 Å². The van der Waals surface area contributed by atoms with Gasteiger partial charge in [0, 0.05) is 17.9 Å². The van der Waals surface area contributed by atoms with Crippen molar-refractivity contribution in [2.75, 3.05) is 13.2 Å². The summed E-state index contributed by atoms with van der Waals surface area (Å²) in [5.74, 6) is -1.03. The van der Waals surface area contributed by atoms with E-state index in [9.17, 15) is 14.7 Å². The van der Waals surface area contributed by atoms with Crippen LogP contribution in [0.5, 0.6) is 0 Å². The molecule has 1 N–H and O–H groups in total. The Hall–Kier alpha value is -1.78. The van der Waals surface area contributed by atoms with Crippen LogP contribution in [0, 0.1) is 5.92 Å². The standard InChI is InChI=1S/C17H20O4/c1-13(18)17(20)12-21-10-6-5-9-15(17)11-16(19)14-7-3-2-4-8-14/h2-5,7-9,15,20H,6,10-12H2,1H3/b9-5-/t15-,17+/m1/s1. The van der Waals surface area contributed by atoms with E-state index in [1.807, 2.05) is 12.1 Å². The number of Topliss-reactive ketones (excluding diaryl/α,β-unsaturated/α-hetero) is 2. The molecule has 0 radical (unpaired) electrons. The van der Waals surface area contributed by atoms with Gasteiger partial charge in [-0.3, -0.25) is 9.59 Å². The first kappa shape index (κ1) is 15.6. The van der Waals surface area contributed by atoms with Crippen LogP contribution in [-0.4, -0.2) is 35.5 Å². The van der Waals surface area contributed by atoms with Gasteiger partial charge in [0.15, 0.2) is 17.2 Å². The smallest absolute Gasteiger partial charge is 0.164 e. The van der Waals surface area contributed by atoms with Crippen molar-refractivity contribution in [1.82, 2.24) is 0 Å². The molecule has 2 atom stereocenters. The monoisotopic (exact) mass is 288 g/mol. The third kappa shape index (κ3) is 3.65. The number of carbonyl (C=O) groups is 2. The first-order chi connectivity index (χ1) is 10.0. The molecular formula is C17H20O4. The Morgan fingerprint density at radius 2 is 2.05 bits per heavy atom. The lowest BCUT2D eigenvalue weighted by molar-refractivity contribution is -0.147. The normalized spacial score (nSPS) is 27.4. The summed E-state index contributed by atoms with van der Waals surface area (Å²) < 4.78 is 5.34. The summed E-state index contributed by atoms with van der Waals surface area (Å²) in [4.78, 5) is 24.2. The molecule has 0 saturated carbocycles. The summed E-state index contributed by atoms with van der Waals surface area (Å²) in [5.41, 5.74) is -1.05. The maximum absolute atomic E-state index is 12.3. The van der Waals surface area contributed by atoms with Gasteiger partial charge in [-0.2, -0.15) is 0 Å². The molecule has 4 heteroatoms. The molecule has 0 amide bonds. The number of hydrogen-bond donors (Lipinski definition) is 1. The van der Waals surface area contributed by atoms with Crippen molar-refractivity contribution in [1.29, 1.82) is 0 Å². The zero-order chi connectivity index (χ0) is 15.3. The average Bonchev–Trinajstić information content (AvgIpc) is 2.47. The Balaban J connectivity index is 2.22. The molecule has 21 heavy (non-hydrogen) atoms. The highest BCUT2D eigenvalue weighted by atomic mass is 16.5. The first-order valence-electron chi connectivity index (χ1n) is 7.10. The molecule has 1 heterocycles. The molecule has 1 aromatic carbocycles. The fraction of sp³-hybridized carbons (Fsp3) is 0.412. The Bertz CT molecular complexity index is 535. The second-order valence-electron chi connectivity index (χ2n) is 5.35. The number of carbonyl (C=O) groups excluding carboxylic acids is 2. The van der Waals surface area contributed by atoms with E-state index < -0.39 is 11.5 Å². The molecule has 0 saturated heterocycles. The van der Waals surface area contributed by atoms with Crippen molar-refractivity contribution in [3.05, 3.63) is 48.0 Å². The molecule has 1 aliphatic rings. The van der Waals surface area contributed by atoms with E-state index >= 15 is 0 Å². The number of rotatable bonds is 4. The Morgan fingerprint density at radius 3 is 2.71 bits per heavy atom. The highest BCUT2D eigenvalue weighted by Crippen LogP contribution is 2.27. The van der Waals surface area contributed by atoms with Gasteiger partial charge in [-0.25, -0.2) is 0 Å². The van der Waals surface area contributed by atoms with E-state index in [0.717, 1.165) is 0 Å². The third-order valence-electron chi connectivity index (χ3n) is 3.84. The topological polar surface area (TPSA) is 63.6 Å². The lowest BCUT2D eigenvalue weighted by Gasteiger charge is -2.33. The van der Waals surface area contributed by atoms with Crippen LogP contribution in [0.15, 0.2) is 42.5 Å². The number of aliphatic hydroxyl groups is 1. The second kappa shape index (κ2) is 6.78. The van der Waals surface area contributed by atoms with Gasteiger partial charge in [0.2, 0.25) is 0 Å². The van der Waals surface area contributed by atoms with Gasteiger partial charge in [-0.05, 0) is 13.3 Å². The van der Waals surface area contributed by atoms with Gasteiger partial charge < -0.3 is 9.84 Å². The molecule has 0 aliphatic carbocycles. The zero-order valence-corrected chi connectivity index (χ0v) is 12.1. The number of ether oxygens (including phenoxy) is 1. The maximum atomic E-state index is 12.3. The summed E-state index contributed by atoms with van der Waals surface area (Å²) in [6.07, 6.45) is 4.42. The van der Waals surface area contributed by atoms with E-state index in [1.165, 1.54) is 6.92 Å². The number of benzene rings is 1. The van der Waals surface area contributed by atoms with E-state index in [4.69, 9.17) is 4.74 Å². The molecule has 1 aliphatic heterocycles. The Morgan fingerprint density at radius 1 is 1.33 bits per heavy atom. The van der Waals surface area contributed by atoms with Crippen LogP contribution in [0.25, 0.3) is 0 Å². The highest BCUT2D eigenvalue weighted by molar-refractivity contribution is 5.97. The van der Waals surface area contributed by atoms with E-state index in [0.29, 0.717) is 18.6 Å². The third-order valence-corrected chi connectivity index (χ3v) is 3.84. The lowest BCUT2D eigenvalue weighted by Crippen LogP contribution is -2.49. The summed E-state index contributed by atoms with van der Waals surface area (Å²) in [6.45, 7) is 1.73. The minimum Gasteiger partial charge on any atom is -0.379 e. The van der Waals surface area contributed by atoms with Gasteiger partial charge in [-0.15, -0.1) is 0 Å². The molecule has 1 aromatic rings. The minimum atomic E-state index is -1.64. The van der Waals surface area contributed by atoms with Crippen LogP contribution in [0.3, 0.4) is 0 Å². The highest BCUT2D eigenvalue weighted by Gasteiger charge is 2.41. The molecule has 4 nitrogen and oxygen atoms in total. The van der Waals surface area contributed by atoms with E-state index in [-0.39, 0.29) is 24.6 Å². The van der Waals surface area contributed by atoms with Gasteiger partial charge in [-0.1, -0.05) is 42.5 Å². The molecule has 0 spiro atoms. The molecule has 0 fully saturated rings. The molecule has 2 rings (SSSR count). The van der Waals surface area contributed by atoms with Crippen molar-refractivity contribution in [3.63, 3.8) is 0 Å². The van der Waals surface area contributed by atoms with Gasteiger partial charge in [0.05, 0.1) is 13.2 Å². The fourth-order valence-electron chi connectivity index (χ4n) is 2.45. The van der Waals surface area contributed by atoms with E-state index in [1.54, 1.807) is 30.3 Å². The van der Waals surface area contributed by atoms with Crippen LogP contribution >= 0.6 is 0 Å². The Kier molecular flexibility index (Phi) is 5.04. The van der Waals surface area contributed by atoms with Gasteiger partial charge in [0.1, 0.15) is 0 Å². The van der Waals surface area contributed by atoms with Gasteiger partial charge in [0.25, 0.3) is 0 Å². The van der Waals surface area contributed by atoms with Crippen molar-refractivity contribution < 1.29 is 19.4 Å². The van der Waals surface area contributed by atoms with Gasteiger partial charge >= 0.3 is 0 Å². The molecule has 0 bridgehead atoms. The van der Waals surface area contributed by atoms with Crippen molar-refractivity contribution in [2.45, 2.75) is 25.4 Å². The zero-order valence-electron chi connectivity index (χ0n) is 12.1. The fourth-order valence-corrected chi connectivity index (χ4v) is 2.45. The molecular weight excluding hydrogens is 268 g/mol. The van der Waals surface area contributed by atoms with E-state index in [2.05, 4.69) is 0 Å². The first-order valence-corrected chi connectivity index (χ1v) is 7.10. The maximum Gasteiger partial charge on any atom is 0.164 e. The van der Waals surface area contributed by atoms with Crippen LogP contribution < -0.4 is 0 Å². The van der Waals surface area contributed by atoms with Crippen LogP contribution in [-0.2, 0) is 9.53 Å². The SMILES string of the molecule is CC(=O)[C@@]1(O)COCC/C=C\[C@@H]1CC(=O)c1ccccc1. The van der Waals surface area contributed by atoms with Crippen molar-refractivity contribution in [2.24, 2.45) is 5.92 Å². The summed E-state index contributed by atoms with van der Waals surface area (Å²) >= 11 is 0. The van der Waals surface area contributed by atoms with Crippen molar-refractivity contribution in [3.8, 4) is 0 Å². The van der Waals surface area contributed by atoms with Crippen LogP contribution in [0.1, 0.15) is 30.1 Å². The molecule has 0 aromatic heterocycles. The summed E-state index contributed by atoms with van der Waals surface area (Å²) in [7, 11) is 0. The number of ketones is 2. The molecule has 112 valence electrons. The predicted molar refractivity (Wildman–Crippen MR) is 79.1 cm³/mol. The minimum absolute atomic E-state index is 0.0700. The van der Waals surface area contributed by atoms with Crippen LogP contribution in [0.4, 0.5) is 0 Å². The summed E-state index contributed by atoms with van der Waals surface area (Å²) in [5, 5.41) is 10.6. The molecule has 0 unspecified atom stereocenters. The second-order valence-corrected chi connectivity index (χ2v) is 5.35. The average molecular weight is 288 g/mol. The lowest BCUT2D eigenvalue weighted by atomic mass is 9.80. The predicted octanol–water partition coefficient (Wildman–Crippen LogP) is 2.17. The van der Waals surface area contributed by atoms with Crippen molar-refractivity contribution >= 4 is 11.6 Å².